The largest absolute Gasteiger partial charge is 0.464 e. The van der Waals surface area contributed by atoms with Gasteiger partial charge in [0.2, 0.25) is 0 Å². The lowest BCUT2D eigenvalue weighted by Crippen LogP contribution is -2.29. The summed E-state index contributed by atoms with van der Waals surface area (Å²) in [4.78, 5) is 11.6. The molecule has 0 spiro atoms. The Morgan fingerprint density at radius 1 is 1.22 bits per heavy atom. The smallest absolute Gasteiger partial charge is 0.335 e. The molecule has 2 atom stereocenters. The van der Waals surface area contributed by atoms with Gasteiger partial charge in [-0.05, 0) is 30.9 Å². The second kappa shape index (κ2) is 7.17. The van der Waals surface area contributed by atoms with E-state index < -0.39 is 12.1 Å². The molecule has 0 amide bonds. The van der Waals surface area contributed by atoms with Crippen molar-refractivity contribution in [2.24, 2.45) is 0 Å². The number of aliphatic hydroxyl groups is 1. The van der Waals surface area contributed by atoms with Gasteiger partial charge in [0, 0.05) is 5.92 Å². The summed E-state index contributed by atoms with van der Waals surface area (Å²) in [6, 6.07) is 8.04. The highest BCUT2D eigenvalue weighted by molar-refractivity contribution is 5.75. The molecule has 0 radical (unpaired) electrons. The van der Waals surface area contributed by atoms with Crippen molar-refractivity contribution in [3.05, 3.63) is 35.4 Å². The monoisotopic (exact) mass is 250 g/mol. The fourth-order valence-corrected chi connectivity index (χ4v) is 2.03. The van der Waals surface area contributed by atoms with Crippen LogP contribution in [0.1, 0.15) is 44.2 Å². The van der Waals surface area contributed by atoms with Crippen LogP contribution in [-0.2, 0) is 16.0 Å². The van der Waals surface area contributed by atoms with E-state index in [0.717, 1.165) is 12.0 Å². The van der Waals surface area contributed by atoms with Crippen molar-refractivity contribution in [1.29, 1.82) is 0 Å². The minimum atomic E-state index is -1.08. The maximum Gasteiger partial charge on any atom is 0.335 e. The van der Waals surface area contributed by atoms with Crippen molar-refractivity contribution in [3.63, 3.8) is 0 Å². The predicted molar refractivity (Wildman–Crippen MR) is 71.5 cm³/mol. The minimum absolute atomic E-state index is 0.199. The molecule has 1 aromatic rings. The van der Waals surface area contributed by atoms with Crippen LogP contribution in [0, 0.1) is 0 Å². The molecule has 2 unspecified atom stereocenters. The van der Waals surface area contributed by atoms with Crippen LogP contribution in [0.4, 0.5) is 0 Å². The van der Waals surface area contributed by atoms with E-state index in [9.17, 15) is 9.90 Å². The number of esters is 1. The summed E-state index contributed by atoms with van der Waals surface area (Å²) >= 11 is 0. The Morgan fingerprint density at radius 3 is 2.28 bits per heavy atom. The molecular weight excluding hydrogens is 228 g/mol. The molecule has 100 valence electrons. The van der Waals surface area contributed by atoms with Gasteiger partial charge in [-0.3, -0.25) is 0 Å². The van der Waals surface area contributed by atoms with Crippen molar-refractivity contribution in [2.75, 3.05) is 6.61 Å². The third-order valence-corrected chi connectivity index (χ3v) is 3.17. The quantitative estimate of drug-likeness (QED) is 0.790. The van der Waals surface area contributed by atoms with Crippen LogP contribution >= 0.6 is 0 Å². The number of aryl methyl sites for hydroxylation is 1. The van der Waals surface area contributed by atoms with Crippen LogP contribution in [0.2, 0.25) is 0 Å². The summed E-state index contributed by atoms with van der Waals surface area (Å²) in [5.74, 6) is -0.737. The highest BCUT2D eigenvalue weighted by atomic mass is 16.5. The topological polar surface area (TPSA) is 46.5 Å². The maximum absolute atomic E-state index is 11.6. The van der Waals surface area contributed by atoms with E-state index in [4.69, 9.17) is 4.74 Å². The van der Waals surface area contributed by atoms with Gasteiger partial charge in [0.25, 0.3) is 0 Å². The molecule has 0 aliphatic heterocycles. The van der Waals surface area contributed by atoms with Crippen molar-refractivity contribution in [3.8, 4) is 0 Å². The summed E-state index contributed by atoms with van der Waals surface area (Å²) in [6.07, 6.45) is 0.602. The van der Waals surface area contributed by atoms with Gasteiger partial charge in [-0.25, -0.2) is 4.79 Å². The van der Waals surface area contributed by atoms with Gasteiger partial charge in [0.15, 0.2) is 6.10 Å². The fraction of sp³-hybridized carbons (Fsp3) is 0.533. The standard InChI is InChI=1S/C15H22O3/c1-4-11-7-9-12(10-8-11)13(5-2)14(16)15(17)18-6-3/h7-10,13-14,16H,4-6H2,1-3H3. The Bertz CT molecular complexity index is 370. The Kier molecular flexibility index (Phi) is 5.86. The first-order valence-electron chi connectivity index (χ1n) is 6.57. The lowest BCUT2D eigenvalue weighted by atomic mass is 9.90. The zero-order valence-electron chi connectivity index (χ0n) is 11.3. The Hall–Kier alpha value is -1.35. The maximum atomic E-state index is 11.6. The number of rotatable bonds is 6. The molecule has 0 aromatic heterocycles. The third kappa shape index (κ3) is 3.57. The van der Waals surface area contributed by atoms with E-state index in [0.29, 0.717) is 13.0 Å². The Labute approximate surface area is 109 Å². The number of benzene rings is 1. The highest BCUT2D eigenvalue weighted by Gasteiger charge is 2.27. The number of hydrogen-bond donors (Lipinski definition) is 1. The molecule has 0 fully saturated rings. The summed E-state index contributed by atoms with van der Waals surface area (Å²) < 4.78 is 4.86. The number of aliphatic hydroxyl groups excluding tert-OH is 1. The molecule has 3 heteroatoms. The van der Waals surface area contributed by atoms with Crippen LogP contribution in [-0.4, -0.2) is 23.8 Å². The highest BCUT2D eigenvalue weighted by Crippen LogP contribution is 2.24. The van der Waals surface area contributed by atoms with Crippen molar-refractivity contribution in [2.45, 2.75) is 45.6 Å². The third-order valence-electron chi connectivity index (χ3n) is 3.17. The van der Waals surface area contributed by atoms with Gasteiger partial charge < -0.3 is 9.84 Å². The molecular formula is C15H22O3. The van der Waals surface area contributed by atoms with Crippen molar-refractivity contribution < 1.29 is 14.6 Å². The average molecular weight is 250 g/mol. The molecule has 0 saturated carbocycles. The number of carbonyl (C=O) groups is 1. The Morgan fingerprint density at radius 2 is 1.83 bits per heavy atom. The summed E-state index contributed by atoms with van der Waals surface area (Å²) in [7, 11) is 0. The molecule has 18 heavy (non-hydrogen) atoms. The first-order chi connectivity index (χ1) is 8.63. The van der Waals surface area contributed by atoms with Gasteiger partial charge in [0.1, 0.15) is 0 Å². The molecule has 0 heterocycles. The van der Waals surface area contributed by atoms with Gasteiger partial charge in [0.05, 0.1) is 6.61 Å². The van der Waals surface area contributed by atoms with E-state index in [1.54, 1.807) is 6.92 Å². The van der Waals surface area contributed by atoms with Gasteiger partial charge >= 0.3 is 5.97 Å². The second-order valence-corrected chi connectivity index (χ2v) is 4.31. The first kappa shape index (κ1) is 14.7. The number of carbonyl (C=O) groups excluding carboxylic acids is 1. The van der Waals surface area contributed by atoms with E-state index in [1.807, 2.05) is 31.2 Å². The number of ether oxygens (including phenoxy) is 1. The zero-order valence-corrected chi connectivity index (χ0v) is 11.3. The van der Waals surface area contributed by atoms with Crippen LogP contribution < -0.4 is 0 Å². The van der Waals surface area contributed by atoms with Crippen LogP contribution in [0.3, 0.4) is 0 Å². The summed E-state index contributed by atoms with van der Waals surface area (Å²) in [6.45, 7) is 6.09. The lowest BCUT2D eigenvalue weighted by molar-refractivity contribution is -0.154. The van der Waals surface area contributed by atoms with Gasteiger partial charge in [-0.2, -0.15) is 0 Å². The van der Waals surface area contributed by atoms with Gasteiger partial charge in [-0.1, -0.05) is 38.1 Å². The molecule has 0 aliphatic rings. The molecule has 0 saturated heterocycles. The summed E-state index contributed by atoms with van der Waals surface area (Å²) in [5, 5.41) is 10.0. The van der Waals surface area contributed by atoms with Crippen LogP contribution in [0.15, 0.2) is 24.3 Å². The van der Waals surface area contributed by atoms with Crippen LogP contribution in [0.25, 0.3) is 0 Å². The predicted octanol–water partition coefficient (Wildman–Crippen LogP) is 2.67. The second-order valence-electron chi connectivity index (χ2n) is 4.31. The van der Waals surface area contributed by atoms with Gasteiger partial charge in [-0.15, -0.1) is 0 Å². The first-order valence-corrected chi connectivity index (χ1v) is 6.57. The van der Waals surface area contributed by atoms with Crippen molar-refractivity contribution in [1.82, 2.24) is 0 Å². The molecule has 1 rings (SSSR count). The molecule has 1 aromatic carbocycles. The van der Waals surface area contributed by atoms with Crippen molar-refractivity contribution >= 4 is 5.97 Å². The normalized spacial score (nSPS) is 14.0. The van der Waals surface area contributed by atoms with E-state index in [1.165, 1.54) is 5.56 Å². The molecule has 3 nitrogen and oxygen atoms in total. The number of hydrogen-bond acceptors (Lipinski definition) is 3. The minimum Gasteiger partial charge on any atom is -0.464 e. The SMILES string of the molecule is CCOC(=O)C(O)C(CC)c1ccc(CC)cc1. The Balaban J connectivity index is 2.84. The molecule has 0 aliphatic carbocycles. The molecule has 0 bridgehead atoms. The fourth-order valence-electron chi connectivity index (χ4n) is 2.03. The lowest BCUT2D eigenvalue weighted by Gasteiger charge is -2.20. The zero-order chi connectivity index (χ0) is 13.5. The molecule has 1 N–H and O–H groups in total. The average Bonchev–Trinajstić information content (AvgIpc) is 2.40. The van der Waals surface area contributed by atoms with Crippen LogP contribution in [0.5, 0.6) is 0 Å². The summed E-state index contributed by atoms with van der Waals surface area (Å²) in [5.41, 5.74) is 2.23. The van der Waals surface area contributed by atoms with E-state index in [-0.39, 0.29) is 5.92 Å². The van der Waals surface area contributed by atoms with E-state index >= 15 is 0 Å². The van der Waals surface area contributed by atoms with E-state index in [2.05, 4.69) is 6.92 Å².